The van der Waals surface area contributed by atoms with Crippen LogP contribution in [-0.4, -0.2) is 0 Å². The van der Waals surface area contributed by atoms with Crippen LogP contribution in [0.5, 0.6) is 0 Å². The molecule has 0 aliphatic rings. The van der Waals surface area contributed by atoms with Crippen molar-refractivity contribution in [3.05, 3.63) is 35.3 Å². The predicted octanol–water partition coefficient (Wildman–Crippen LogP) is 1.91. The van der Waals surface area contributed by atoms with Crippen LogP contribution >= 0.6 is 0 Å². The number of nitrogens with zero attached hydrogens (tertiary/aromatic N) is 1. The highest BCUT2D eigenvalue weighted by molar-refractivity contribution is 4.99. The van der Waals surface area contributed by atoms with Crippen LogP contribution in [0.4, 0.5) is 0 Å². The van der Waals surface area contributed by atoms with E-state index in [0.29, 0.717) is 0 Å². The maximum absolute atomic E-state index is 11.2. The minimum absolute atomic E-state index is 0.174. The van der Waals surface area contributed by atoms with Crippen LogP contribution in [0.25, 0.3) is 0 Å². The Balaban J connectivity index is 2.83. The Kier molecular flexibility index (Phi) is 2.36. The van der Waals surface area contributed by atoms with Crippen LogP contribution in [0.3, 0.4) is 0 Å². The fourth-order valence-electron chi connectivity index (χ4n) is 1.14. The Labute approximate surface area is 73.4 Å². The van der Waals surface area contributed by atoms with Crippen molar-refractivity contribution in [1.29, 1.82) is 0 Å². The SMILES string of the molecule is CC(C)(C)Cc1cccc[n+]1[O-]. The van der Waals surface area contributed by atoms with E-state index in [1.807, 2.05) is 12.1 Å². The second-order valence-electron chi connectivity index (χ2n) is 4.26. The van der Waals surface area contributed by atoms with Gasteiger partial charge in [-0.05, 0) is 5.41 Å². The number of pyridine rings is 1. The van der Waals surface area contributed by atoms with Gasteiger partial charge in [-0.1, -0.05) is 26.8 Å². The van der Waals surface area contributed by atoms with E-state index in [0.717, 1.165) is 16.8 Å². The molecule has 0 saturated carbocycles. The van der Waals surface area contributed by atoms with Gasteiger partial charge < -0.3 is 5.21 Å². The molecule has 0 spiro atoms. The van der Waals surface area contributed by atoms with Crippen molar-refractivity contribution in [3.63, 3.8) is 0 Å². The first-order valence-corrected chi connectivity index (χ1v) is 4.16. The molecule has 0 N–H and O–H groups in total. The second kappa shape index (κ2) is 3.13. The molecular formula is C10H15NO. The standard InChI is InChI=1S/C10H15NO/c1-10(2,3)8-9-6-4-5-7-11(9)12/h4-7H,8H2,1-3H3. The Morgan fingerprint density at radius 2 is 2.00 bits per heavy atom. The lowest BCUT2D eigenvalue weighted by atomic mass is 9.90. The van der Waals surface area contributed by atoms with Gasteiger partial charge in [-0.15, -0.1) is 0 Å². The summed E-state index contributed by atoms with van der Waals surface area (Å²) in [5.74, 6) is 0. The van der Waals surface area contributed by atoms with Crippen molar-refractivity contribution < 1.29 is 4.73 Å². The van der Waals surface area contributed by atoms with Crippen LogP contribution in [0.2, 0.25) is 0 Å². The fraction of sp³-hybridized carbons (Fsp3) is 0.500. The number of hydrogen-bond donors (Lipinski definition) is 0. The zero-order chi connectivity index (χ0) is 9.19. The summed E-state index contributed by atoms with van der Waals surface area (Å²) >= 11 is 0. The smallest absolute Gasteiger partial charge is 0.193 e. The van der Waals surface area contributed by atoms with Crippen LogP contribution < -0.4 is 4.73 Å². The van der Waals surface area contributed by atoms with Gasteiger partial charge in [0, 0.05) is 18.6 Å². The van der Waals surface area contributed by atoms with E-state index in [4.69, 9.17) is 0 Å². The molecule has 1 heterocycles. The summed E-state index contributed by atoms with van der Waals surface area (Å²) in [6, 6.07) is 5.52. The van der Waals surface area contributed by atoms with Gasteiger partial charge in [0.1, 0.15) is 0 Å². The summed E-state index contributed by atoms with van der Waals surface area (Å²) in [5.41, 5.74) is 1.01. The summed E-state index contributed by atoms with van der Waals surface area (Å²) in [6.07, 6.45) is 2.36. The lowest BCUT2D eigenvalue weighted by Gasteiger charge is -2.16. The van der Waals surface area contributed by atoms with Gasteiger partial charge in [-0.2, -0.15) is 4.73 Å². The van der Waals surface area contributed by atoms with Gasteiger partial charge in [-0.3, -0.25) is 0 Å². The first-order valence-electron chi connectivity index (χ1n) is 4.16. The Morgan fingerprint density at radius 3 is 2.50 bits per heavy atom. The average Bonchev–Trinajstić information content (AvgIpc) is 1.91. The van der Waals surface area contributed by atoms with Crippen LogP contribution in [0.15, 0.2) is 24.4 Å². The van der Waals surface area contributed by atoms with Crippen LogP contribution in [0, 0.1) is 10.6 Å². The second-order valence-corrected chi connectivity index (χ2v) is 4.26. The van der Waals surface area contributed by atoms with Gasteiger partial charge in [-0.25, -0.2) is 0 Å². The molecule has 0 unspecified atom stereocenters. The lowest BCUT2D eigenvalue weighted by molar-refractivity contribution is -0.614. The predicted molar refractivity (Wildman–Crippen MR) is 48.6 cm³/mol. The molecule has 0 fully saturated rings. The van der Waals surface area contributed by atoms with E-state index in [2.05, 4.69) is 20.8 Å². The maximum atomic E-state index is 11.2. The minimum atomic E-state index is 0.174. The molecule has 0 saturated heterocycles. The summed E-state index contributed by atoms with van der Waals surface area (Å²) in [6.45, 7) is 6.38. The van der Waals surface area contributed by atoms with E-state index in [-0.39, 0.29) is 5.41 Å². The van der Waals surface area contributed by atoms with Crippen molar-refractivity contribution in [3.8, 4) is 0 Å². The third kappa shape index (κ3) is 2.53. The van der Waals surface area contributed by atoms with Crippen molar-refractivity contribution in [2.24, 2.45) is 5.41 Å². The van der Waals surface area contributed by atoms with E-state index in [1.54, 1.807) is 12.3 Å². The summed E-state index contributed by atoms with van der Waals surface area (Å²) in [4.78, 5) is 0. The molecule has 12 heavy (non-hydrogen) atoms. The van der Waals surface area contributed by atoms with E-state index >= 15 is 0 Å². The minimum Gasteiger partial charge on any atom is -0.619 e. The maximum Gasteiger partial charge on any atom is 0.193 e. The third-order valence-corrected chi connectivity index (χ3v) is 1.62. The summed E-state index contributed by atoms with van der Waals surface area (Å²) < 4.78 is 0.936. The van der Waals surface area contributed by atoms with Gasteiger partial charge in [0.25, 0.3) is 0 Å². The molecule has 1 aromatic heterocycles. The largest absolute Gasteiger partial charge is 0.619 e. The molecule has 1 aromatic rings. The first kappa shape index (κ1) is 9.04. The Hall–Kier alpha value is -1.05. The molecule has 0 aliphatic heterocycles. The van der Waals surface area contributed by atoms with Crippen molar-refractivity contribution in [1.82, 2.24) is 0 Å². The zero-order valence-corrected chi connectivity index (χ0v) is 7.87. The quantitative estimate of drug-likeness (QED) is 0.461. The number of hydrogen-bond acceptors (Lipinski definition) is 1. The highest BCUT2D eigenvalue weighted by atomic mass is 16.5. The molecule has 1 rings (SSSR count). The highest BCUT2D eigenvalue weighted by Gasteiger charge is 2.16. The van der Waals surface area contributed by atoms with Gasteiger partial charge in [0.05, 0.1) is 0 Å². The normalized spacial score (nSPS) is 11.6. The van der Waals surface area contributed by atoms with Crippen molar-refractivity contribution in [2.45, 2.75) is 27.2 Å². The molecular weight excluding hydrogens is 150 g/mol. The summed E-state index contributed by atoms with van der Waals surface area (Å²) in [5, 5.41) is 11.2. The van der Waals surface area contributed by atoms with E-state index in [1.165, 1.54) is 0 Å². The van der Waals surface area contributed by atoms with Gasteiger partial charge in [0.15, 0.2) is 11.9 Å². The highest BCUT2D eigenvalue weighted by Crippen LogP contribution is 2.17. The first-order chi connectivity index (χ1) is 5.49. The average molecular weight is 165 g/mol. The summed E-state index contributed by atoms with van der Waals surface area (Å²) in [7, 11) is 0. The molecule has 0 amide bonds. The van der Waals surface area contributed by atoms with Crippen LogP contribution in [-0.2, 0) is 6.42 Å². The lowest BCUT2D eigenvalue weighted by Crippen LogP contribution is -2.33. The zero-order valence-electron chi connectivity index (χ0n) is 7.87. The molecule has 0 aliphatic carbocycles. The van der Waals surface area contributed by atoms with Gasteiger partial charge >= 0.3 is 0 Å². The molecule has 0 atom stereocenters. The molecule has 66 valence electrons. The fourth-order valence-corrected chi connectivity index (χ4v) is 1.14. The van der Waals surface area contributed by atoms with Crippen molar-refractivity contribution >= 4 is 0 Å². The molecule has 2 heteroatoms. The third-order valence-electron chi connectivity index (χ3n) is 1.62. The van der Waals surface area contributed by atoms with E-state index in [9.17, 15) is 5.21 Å². The molecule has 0 radical (unpaired) electrons. The molecule has 2 nitrogen and oxygen atoms in total. The molecule has 0 bridgehead atoms. The Bertz CT molecular complexity index is 263. The van der Waals surface area contributed by atoms with Gasteiger partial charge in [0.2, 0.25) is 0 Å². The Morgan fingerprint density at radius 1 is 1.33 bits per heavy atom. The number of aromatic nitrogens is 1. The van der Waals surface area contributed by atoms with E-state index < -0.39 is 0 Å². The van der Waals surface area contributed by atoms with Crippen molar-refractivity contribution in [2.75, 3.05) is 0 Å². The topological polar surface area (TPSA) is 26.9 Å². The molecule has 0 aromatic carbocycles. The number of rotatable bonds is 1. The monoisotopic (exact) mass is 165 g/mol. The van der Waals surface area contributed by atoms with Crippen LogP contribution in [0.1, 0.15) is 26.5 Å².